The normalized spacial score (nSPS) is 9.08. The Balaban J connectivity index is 0.00000144. The molecule has 0 saturated heterocycles. The van der Waals surface area contributed by atoms with Crippen molar-refractivity contribution in [3.05, 3.63) is 28.0 Å². The molecule has 0 atom stereocenters. The number of nitrogen functional groups attached to an aromatic ring is 1. The molecule has 1 aromatic carbocycles. The van der Waals surface area contributed by atoms with E-state index >= 15 is 0 Å². The average molecular weight is 270 g/mol. The van der Waals surface area contributed by atoms with E-state index in [2.05, 4.69) is 15.9 Å². The van der Waals surface area contributed by atoms with Gasteiger partial charge in [-0.25, -0.2) is 9.18 Å². The lowest BCUT2D eigenvalue weighted by molar-refractivity contribution is 0.0697. The van der Waals surface area contributed by atoms with E-state index in [0.29, 0.717) is 0 Å². The van der Waals surface area contributed by atoms with Crippen LogP contribution in [0.25, 0.3) is 0 Å². The molecule has 0 aliphatic heterocycles. The predicted molar refractivity (Wildman–Crippen MR) is 52.7 cm³/mol. The minimum absolute atomic E-state index is 0. The number of anilines is 1. The number of carboxylic acids is 1. The quantitative estimate of drug-likeness (QED) is 0.770. The number of rotatable bonds is 1. The highest BCUT2D eigenvalue weighted by Crippen LogP contribution is 2.24. The van der Waals surface area contributed by atoms with Gasteiger partial charge in [-0.15, -0.1) is 12.4 Å². The highest BCUT2D eigenvalue weighted by atomic mass is 79.9. The predicted octanol–water partition coefficient (Wildman–Crippen LogP) is 2.29. The first-order chi connectivity index (χ1) is 5.52. The molecule has 0 aromatic heterocycles. The zero-order valence-corrected chi connectivity index (χ0v) is 8.65. The number of carboxylic acid groups (broad SMARTS) is 1. The van der Waals surface area contributed by atoms with Crippen molar-refractivity contribution in [2.24, 2.45) is 0 Å². The lowest BCUT2D eigenvalue weighted by Crippen LogP contribution is -2.03. The van der Waals surface area contributed by atoms with E-state index in [1.807, 2.05) is 0 Å². The number of aromatic carboxylic acids is 1. The molecule has 0 aliphatic rings. The third kappa shape index (κ3) is 2.57. The van der Waals surface area contributed by atoms with Crippen molar-refractivity contribution < 1.29 is 14.3 Å². The first-order valence-electron chi connectivity index (χ1n) is 3.00. The van der Waals surface area contributed by atoms with Gasteiger partial charge in [-0.2, -0.15) is 0 Å². The van der Waals surface area contributed by atoms with Gasteiger partial charge in [-0.1, -0.05) is 0 Å². The van der Waals surface area contributed by atoms with E-state index in [-0.39, 0.29) is 28.1 Å². The summed E-state index contributed by atoms with van der Waals surface area (Å²) in [6.07, 6.45) is 0. The lowest BCUT2D eigenvalue weighted by atomic mass is 10.2. The Morgan fingerprint density at radius 3 is 2.54 bits per heavy atom. The molecule has 0 heterocycles. The number of carbonyl (C=O) groups is 1. The van der Waals surface area contributed by atoms with E-state index in [1.165, 1.54) is 0 Å². The van der Waals surface area contributed by atoms with Crippen molar-refractivity contribution >= 4 is 40.0 Å². The maximum atomic E-state index is 12.6. The molecule has 1 rings (SSSR count). The molecule has 0 bridgehead atoms. The van der Waals surface area contributed by atoms with Gasteiger partial charge in [0.25, 0.3) is 0 Å². The van der Waals surface area contributed by atoms with Gasteiger partial charge in [0.05, 0.1) is 11.3 Å². The largest absolute Gasteiger partial charge is 0.478 e. The fraction of sp³-hybridized carbons (Fsp3) is 0. The maximum absolute atomic E-state index is 12.6. The second-order valence-electron chi connectivity index (χ2n) is 2.15. The Labute approximate surface area is 88.3 Å². The molecule has 3 nitrogen and oxygen atoms in total. The van der Waals surface area contributed by atoms with Gasteiger partial charge in [0.1, 0.15) is 5.82 Å². The molecule has 72 valence electrons. The highest BCUT2D eigenvalue weighted by molar-refractivity contribution is 9.10. The molecule has 3 N–H and O–H groups in total. The summed E-state index contributed by atoms with van der Waals surface area (Å²) in [6.45, 7) is 0. The van der Waals surface area contributed by atoms with Crippen molar-refractivity contribution in [2.45, 2.75) is 0 Å². The van der Waals surface area contributed by atoms with Gasteiger partial charge in [0.15, 0.2) is 0 Å². The number of benzene rings is 1. The Morgan fingerprint density at radius 1 is 1.54 bits per heavy atom. The molecule has 13 heavy (non-hydrogen) atoms. The molecule has 0 radical (unpaired) electrons. The summed E-state index contributed by atoms with van der Waals surface area (Å²) in [4.78, 5) is 10.5. The van der Waals surface area contributed by atoms with Crippen LogP contribution < -0.4 is 5.73 Å². The van der Waals surface area contributed by atoms with Gasteiger partial charge in [0.2, 0.25) is 0 Å². The van der Waals surface area contributed by atoms with E-state index < -0.39 is 11.8 Å². The summed E-state index contributed by atoms with van der Waals surface area (Å²) >= 11 is 2.94. The third-order valence-electron chi connectivity index (χ3n) is 1.32. The van der Waals surface area contributed by atoms with Gasteiger partial charge >= 0.3 is 5.97 Å². The average Bonchev–Trinajstić information content (AvgIpc) is 1.96. The van der Waals surface area contributed by atoms with Gasteiger partial charge in [0, 0.05) is 4.47 Å². The van der Waals surface area contributed by atoms with Crippen LogP contribution in [0.4, 0.5) is 10.1 Å². The number of hydrogen-bond donors (Lipinski definition) is 2. The Bertz CT molecular complexity index is 346. The maximum Gasteiger partial charge on any atom is 0.337 e. The molecule has 0 spiro atoms. The second-order valence-corrected chi connectivity index (χ2v) is 3.01. The summed E-state index contributed by atoms with van der Waals surface area (Å²) in [5.74, 6) is -1.87. The van der Waals surface area contributed by atoms with E-state index in [1.54, 1.807) is 0 Å². The van der Waals surface area contributed by atoms with Crippen molar-refractivity contribution in [3.63, 3.8) is 0 Å². The van der Waals surface area contributed by atoms with Gasteiger partial charge in [-0.05, 0) is 28.1 Å². The van der Waals surface area contributed by atoms with Crippen LogP contribution in [0.15, 0.2) is 16.6 Å². The van der Waals surface area contributed by atoms with Crippen molar-refractivity contribution in [1.29, 1.82) is 0 Å². The Hall–Kier alpha value is -0.810. The Morgan fingerprint density at radius 2 is 2.08 bits per heavy atom. The smallest absolute Gasteiger partial charge is 0.337 e. The molecule has 0 saturated carbocycles. The zero-order valence-electron chi connectivity index (χ0n) is 6.25. The minimum atomic E-state index is -1.24. The van der Waals surface area contributed by atoms with Crippen LogP contribution in [0.3, 0.4) is 0 Å². The molecule has 0 unspecified atom stereocenters. The van der Waals surface area contributed by atoms with Gasteiger partial charge in [-0.3, -0.25) is 0 Å². The molecule has 0 fully saturated rings. The SMILES string of the molecule is Cl.Nc1c(Br)cc(F)cc1C(=O)O. The van der Waals surface area contributed by atoms with E-state index in [9.17, 15) is 9.18 Å². The fourth-order valence-electron chi connectivity index (χ4n) is 0.762. The Kier molecular flexibility index (Phi) is 4.16. The summed E-state index contributed by atoms with van der Waals surface area (Å²) in [7, 11) is 0. The van der Waals surface area contributed by atoms with Crippen LogP contribution in [-0.4, -0.2) is 11.1 Å². The minimum Gasteiger partial charge on any atom is -0.478 e. The topological polar surface area (TPSA) is 63.3 Å². The standard InChI is InChI=1S/C7H5BrFNO2.ClH/c8-5-2-3(9)1-4(6(5)10)7(11)12;/h1-2H,10H2,(H,11,12);1H. The first kappa shape index (κ1) is 12.2. The first-order valence-corrected chi connectivity index (χ1v) is 3.79. The molecular weight excluding hydrogens is 264 g/mol. The van der Waals surface area contributed by atoms with Crippen molar-refractivity contribution in [2.75, 3.05) is 5.73 Å². The van der Waals surface area contributed by atoms with Gasteiger partial charge < -0.3 is 10.8 Å². The zero-order chi connectivity index (χ0) is 9.30. The van der Waals surface area contributed by atoms with Crippen molar-refractivity contribution in [3.8, 4) is 0 Å². The van der Waals surface area contributed by atoms with Crippen LogP contribution >= 0.6 is 28.3 Å². The van der Waals surface area contributed by atoms with E-state index in [4.69, 9.17) is 10.8 Å². The number of halogens is 3. The fourth-order valence-corrected chi connectivity index (χ4v) is 1.19. The summed E-state index contributed by atoms with van der Waals surface area (Å²) in [6, 6.07) is 1.99. The van der Waals surface area contributed by atoms with Crippen LogP contribution in [0.5, 0.6) is 0 Å². The van der Waals surface area contributed by atoms with Crippen LogP contribution in [0, 0.1) is 5.82 Å². The highest BCUT2D eigenvalue weighted by Gasteiger charge is 2.11. The number of nitrogens with two attached hydrogens (primary N) is 1. The molecular formula is C7H6BrClFNO2. The van der Waals surface area contributed by atoms with Crippen LogP contribution in [-0.2, 0) is 0 Å². The van der Waals surface area contributed by atoms with E-state index in [0.717, 1.165) is 12.1 Å². The molecule has 6 heteroatoms. The van der Waals surface area contributed by atoms with Crippen LogP contribution in [0.1, 0.15) is 10.4 Å². The summed E-state index contributed by atoms with van der Waals surface area (Å²) < 4.78 is 12.9. The number of hydrogen-bond acceptors (Lipinski definition) is 2. The second kappa shape index (κ2) is 4.43. The molecule has 0 amide bonds. The van der Waals surface area contributed by atoms with Crippen molar-refractivity contribution in [1.82, 2.24) is 0 Å². The third-order valence-corrected chi connectivity index (χ3v) is 1.98. The summed E-state index contributed by atoms with van der Waals surface area (Å²) in [5, 5.41) is 8.55. The summed E-state index contributed by atoms with van der Waals surface area (Å²) in [5.41, 5.74) is 5.16. The lowest BCUT2D eigenvalue weighted by Gasteiger charge is -2.02. The molecule has 1 aromatic rings. The monoisotopic (exact) mass is 269 g/mol. The molecule has 0 aliphatic carbocycles. The van der Waals surface area contributed by atoms with Crippen LogP contribution in [0.2, 0.25) is 0 Å².